The first-order valence-electron chi connectivity index (χ1n) is 29.0. The molecule has 4 rings (SSSR count). The van der Waals surface area contributed by atoms with Gasteiger partial charge in [-0.15, -0.1) is 0 Å². The number of guanidine groups is 2. The molecule has 0 radical (unpaired) electrons. The highest BCUT2D eigenvalue weighted by Crippen LogP contribution is 2.30. The van der Waals surface area contributed by atoms with Crippen molar-refractivity contribution in [2.75, 3.05) is 39.6 Å². The first-order chi connectivity index (χ1) is 42.0. The lowest BCUT2D eigenvalue weighted by Gasteiger charge is -2.25. The van der Waals surface area contributed by atoms with E-state index in [1.54, 1.807) is 95.2 Å². The minimum Gasteiger partial charge on any atom is -0.491 e. The summed E-state index contributed by atoms with van der Waals surface area (Å²) >= 11 is 0. The molecule has 90 heavy (non-hydrogen) atoms. The molecule has 0 saturated carbocycles. The number of amides is 2. The smallest absolute Gasteiger partial charge is 0.343 e. The van der Waals surface area contributed by atoms with E-state index in [-0.39, 0.29) is 111 Å². The Bertz CT molecular complexity index is 2960. The van der Waals surface area contributed by atoms with Gasteiger partial charge in [-0.05, 0) is 168 Å². The van der Waals surface area contributed by atoms with Gasteiger partial charge in [0, 0.05) is 25.0 Å². The fraction of sp³-hybridized carbons (Fsp3) is 0.469. The number of nitrogens with two attached hydrogens (primary N) is 4. The van der Waals surface area contributed by atoms with E-state index >= 15 is 0 Å². The number of rotatable bonds is 31. The quantitative estimate of drug-likeness (QED) is 0.00791. The van der Waals surface area contributed by atoms with Crippen molar-refractivity contribution in [3.05, 3.63) is 107 Å². The number of ether oxygens (including phenoxy) is 10. The molecule has 4 aromatic carbocycles. The second-order valence-electron chi connectivity index (χ2n) is 24.3. The van der Waals surface area contributed by atoms with Gasteiger partial charge in [0.05, 0.1) is 61.8 Å². The minimum absolute atomic E-state index is 0.00104. The standard InChI is InChI=1S/C64H86N8O18/c1-61(2,3)87-53(75)37-47(57(79)89-63(7,8)9)71-51(73)27-19-39-17-25-45(85-55(77)41-13-21-43(22-14-41)69-59(65)66)35-49(39)83-33-31-81-29-30-82-32-34-84-50-36-46(86-56(78)42-15-23-44(24-16-42)70-60(67)68)26-18-40(50)20-28-52(74)72-48(58(80)90-64(10,11)12)38-54(76)88-62(4,5)6/h13-18,21-26,35-36,47-48H,19-20,27-34,37-38H2,1-12H3,(H,71,73)(H,72,74)(H4,65,66,69)(H4,67,68,70)/t47-,48-/m0/s1. The van der Waals surface area contributed by atoms with Crippen molar-refractivity contribution >= 4 is 70.9 Å². The molecule has 26 heteroatoms. The molecule has 26 nitrogen and oxygen atoms in total. The Hall–Kier alpha value is -9.30. The van der Waals surface area contributed by atoms with E-state index < -0.39 is 95.0 Å². The number of aliphatic imine (C=N–C) groups is 2. The topological polar surface area (TPSA) is 382 Å². The number of aryl methyl sites for hydroxylation is 2. The number of carbonyl (C=O) groups is 8. The third kappa shape index (κ3) is 29.1. The van der Waals surface area contributed by atoms with Gasteiger partial charge in [0.15, 0.2) is 11.9 Å². The van der Waals surface area contributed by atoms with Crippen LogP contribution >= 0.6 is 0 Å². The second-order valence-corrected chi connectivity index (χ2v) is 24.3. The lowest BCUT2D eigenvalue weighted by Crippen LogP contribution is -2.46. The molecule has 0 bridgehead atoms. The molecule has 2 amide bonds. The maximum atomic E-state index is 13.4. The Morgan fingerprint density at radius 2 is 0.756 bits per heavy atom. The number of esters is 6. The van der Waals surface area contributed by atoms with Crippen molar-refractivity contribution in [3.8, 4) is 23.0 Å². The Morgan fingerprint density at radius 3 is 1.07 bits per heavy atom. The van der Waals surface area contributed by atoms with Crippen LogP contribution < -0.4 is 52.5 Å². The lowest BCUT2D eigenvalue weighted by atomic mass is 10.1. The maximum absolute atomic E-state index is 13.4. The van der Waals surface area contributed by atoms with Crippen LogP contribution in [0.4, 0.5) is 11.4 Å². The first-order valence-corrected chi connectivity index (χ1v) is 29.0. The molecule has 4 aromatic rings. The van der Waals surface area contributed by atoms with E-state index in [0.29, 0.717) is 22.5 Å². The number of nitrogens with one attached hydrogen (secondary N) is 2. The summed E-state index contributed by atoms with van der Waals surface area (Å²) in [5.41, 5.74) is 20.7. The molecule has 0 aliphatic carbocycles. The number of hydrogen-bond donors (Lipinski definition) is 6. The van der Waals surface area contributed by atoms with Crippen LogP contribution in [0.5, 0.6) is 23.0 Å². The van der Waals surface area contributed by atoms with Crippen LogP contribution in [0.3, 0.4) is 0 Å². The largest absolute Gasteiger partial charge is 0.491 e. The molecule has 0 saturated heterocycles. The average Bonchev–Trinajstić information content (AvgIpc) is 1.31. The molecule has 0 aliphatic heterocycles. The summed E-state index contributed by atoms with van der Waals surface area (Å²) in [6.45, 7) is 20.4. The first kappa shape index (κ1) is 73.2. The number of hydrogen-bond acceptors (Lipinski definition) is 20. The molecule has 0 aliphatic rings. The monoisotopic (exact) mass is 1250 g/mol. The number of benzene rings is 4. The highest BCUT2D eigenvalue weighted by atomic mass is 16.6. The zero-order chi connectivity index (χ0) is 67.0. The van der Waals surface area contributed by atoms with Gasteiger partial charge in [-0.2, -0.15) is 0 Å². The molecule has 0 aromatic heterocycles. The van der Waals surface area contributed by atoms with Crippen molar-refractivity contribution in [2.24, 2.45) is 32.9 Å². The number of carbonyl (C=O) groups excluding carboxylic acids is 8. The second kappa shape index (κ2) is 33.9. The van der Waals surface area contributed by atoms with Gasteiger partial charge in [-0.3, -0.25) is 19.2 Å². The van der Waals surface area contributed by atoms with Crippen LogP contribution in [-0.4, -0.2) is 134 Å². The van der Waals surface area contributed by atoms with Crippen molar-refractivity contribution < 1.29 is 85.7 Å². The minimum atomic E-state index is -1.34. The summed E-state index contributed by atoms with van der Waals surface area (Å²) in [4.78, 5) is 113. The summed E-state index contributed by atoms with van der Waals surface area (Å²) in [7, 11) is 0. The summed E-state index contributed by atoms with van der Waals surface area (Å²) in [5, 5.41) is 5.23. The Kier molecular flexibility index (Phi) is 27.5. The van der Waals surface area contributed by atoms with E-state index in [2.05, 4.69) is 20.6 Å². The van der Waals surface area contributed by atoms with E-state index in [0.717, 1.165) is 0 Å². The van der Waals surface area contributed by atoms with E-state index in [1.165, 1.54) is 72.8 Å². The molecule has 0 spiro atoms. The van der Waals surface area contributed by atoms with Crippen LogP contribution in [0.1, 0.15) is 141 Å². The molecule has 2 atom stereocenters. The van der Waals surface area contributed by atoms with Gasteiger partial charge in [0.2, 0.25) is 11.8 Å². The zero-order valence-corrected chi connectivity index (χ0v) is 53.3. The Labute approximate surface area is 524 Å². The van der Waals surface area contributed by atoms with Gasteiger partial charge in [-0.1, -0.05) is 12.1 Å². The van der Waals surface area contributed by atoms with Crippen molar-refractivity contribution in [1.82, 2.24) is 10.6 Å². The van der Waals surface area contributed by atoms with Crippen LogP contribution in [0.15, 0.2) is 94.9 Å². The molecule has 0 heterocycles. The SMILES string of the molecule is CC(C)(C)OC(=O)C[C@H](NC(=O)CCc1ccc(OC(=O)c2ccc(N=C(N)N)cc2)cc1OCCOCCOCCOc1cc(OC(=O)c2ccc(N=C(N)N)cc2)ccc1CCC(=O)N[C@@H](CC(=O)OC(C)(C)C)C(=O)OC(C)(C)C)C(=O)OC(C)(C)C. The van der Waals surface area contributed by atoms with Crippen LogP contribution in [0.2, 0.25) is 0 Å². The van der Waals surface area contributed by atoms with Gasteiger partial charge in [-0.25, -0.2) is 29.2 Å². The van der Waals surface area contributed by atoms with Gasteiger partial charge in [0.25, 0.3) is 0 Å². The number of nitrogens with zero attached hydrogens (tertiary/aromatic N) is 2. The third-order valence-electron chi connectivity index (χ3n) is 11.4. The van der Waals surface area contributed by atoms with Gasteiger partial charge >= 0.3 is 35.8 Å². The summed E-state index contributed by atoms with van der Waals surface area (Å²) in [6, 6.07) is 18.7. The van der Waals surface area contributed by atoms with Crippen molar-refractivity contribution in [2.45, 2.75) is 156 Å². The highest BCUT2D eigenvalue weighted by molar-refractivity contribution is 5.93. The van der Waals surface area contributed by atoms with Gasteiger partial charge < -0.3 is 80.9 Å². The normalized spacial score (nSPS) is 12.2. The molecular weight excluding hydrogens is 1170 g/mol. The predicted molar refractivity (Wildman–Crippen MR) is 332 cm³/mol. The molecule has 490 valence electrons. The van der Waals surface area contributed by atoms with Gasteiger partial charge in [0.1, 0.15) is 70.7 Å². The summed E-state index contributed by atoms with van der Waals surface area (Å²) < 4.78 is 57.0. The van der Waals surface area contributed by atoms with E-state index in [1.807, 2.05) is 0 Å². The van der Waals surface area contributed by atoms with Crippen LogP contribution in [0.25, 0.3) is 0 Å². The zero-order valence-electron chi connectivity index (χ0n) is 53.3. The van der Waals surface area contributed by atoms with Crippen molar-refractivity contribution in [3.63, 3.8) is 0 Å². The Morgan fingerprint density at radius 1 is 0.433 bits per heavy atom. The lowest BCUT2D eigenvalue weighted by molar-refractivity contribution is -0.165. The average molecular weight is 1260 g/mol. The molecular formula is C64H86N8O18. The van der Waals surface area contributed by atoms with E-state index in [9.17, 15) is 38.4 Å². The van der Waals surface area contributed by atoms with E-state index in [4.69, 9.17) is 70.3 Å². The molecule has 10 N–H and O–H groups in total. The predicted octanol–water partition coefficient (Wildman–Crippen LogP) is 6.41. The third-order valence-corrected chi connectivity index (χ3v) is 11.4. The molecule has 0 fully saturated rings. The fourth-order valence-electron chi connectivity index (χ4n) is 7.86. The summed E-state index contributed by atoms with van der Waals surface area (Å²) in [6.07, 6.45) is -1.07. The fourth-order valence-corrected chi connectivity index (χ4v) is 7.86. The van der Waals surface area contributed by atoms with Crippen molar-refractivity contribution in [1.29, 1.82) is 0 Å². The van der Waals surface area contributed by atoms with Crippen LogP contribution in [0, 0.1) is 0 Å². The Balaban J connectivity index is 1.42. The van der Waals surface area contributed by atoms with Crippen LogP contribution in [-0.2, 0) is 70.0 Å². The maximum Gasteiger partial charge on any atom is 0.343 e. The highest BCUT2D eigenvalue weighted by Gasteiger charge is 2.33. The summed E-state index contributed by atoms with van der Waals surface area (Å²) in [5.74, 6) is -5.12. The molecule has 0 unspecified atom stereocenters.